The molecule has 1 N–H and O–H groups in total. The molecule has 2 bridgehead atoms. The topological polar surface area (TPSA) is 66.5 Å². The van der Waals surface area contributed by atoms with Gasteiger partial charge in [-0.1, -0.05) is 24.6 Å². The second kappa shape index (κ2) is 6.34. The Morgan fingerprint density at radius 1 is 1.11 bits per heavy atom. The molecule has 2 saturated carbocycles. The molecule has 0 radical (unpaired) electrons. The van der Waals surface area contributed by atoms with Crippen LogP contribution in [0.25, 0.3) is 11.1 Å². The zero-order valence-electron chi connectivity index (χ0n) is 15.9. The lowest BCUT2D eigenvalue weighted by Crippen LogP contribution is -2.38. The van der Waals surface area contributed by atoms with Crippen molar-refractivity contribution >= 4 is 21.6 Å². The van der Waals surface area contributed by atoms with Crippen molar-refractivity contribution in [2.75, 3.05) is 10.8 Å². The first-order chi connectivity index (χ1) is 13.5. The zero-order valence-corrected chi connectivity index (χ0v) is 16.7. The third-order valence-electron chi connectivity index (χ3n) is 6.61. The predicted molar refractivity (Wildman–Crippen MR) is 109 cm³/mol. The van der Waals surface area contributed by atoms with Gasteiger partial charge in [0.25, 0.3) is 15.9 Å². The molecule has 2 aliphatic carbocycles. The van der Waals surface area contributed by atoms with Gasteiger partial charge in [-0.05, 0) is 62.3 Å². The van der Waals surface area contributed by atoms with Gasteiger partial charge < -0.3 is 5.32 Å². The van der Waals surface area contributed by atoms with E-state index < -0.39 is 10.0 Å². The van der Waals surface area contributed by atoms with Crippen LogP contribution in [0, 0.1) is 11.8 Å². The molecule has 146 valence electrons. The summed E-state index contributed by atoms with van der Waals surface area (Å²) in [4.78, 5) is 13.2. The lowest BCUT2D eigenvalue weighted by Gasteiger charge is -2.31. The average molecular weight is 397 g/mol. The summed E-state index contributed by atoms with van der Waals surface area (Å²) in [6.07, 6.45) is 4.85. The van der Waals surface area contributed by atoms with E-state index in [0.29, 0.717) is 34.2 Å². The van der Waals surface area contributed by atoms with E-state index in [-0.39, 0.29) is 11.9 Å². The van der Waals surface area contributed by atoms with Crippen LogP contribution in [0.1, 0.15) is 43.0 Å². The summed E-state index contributed by atoms with van der Waals surface area (Å²) in [5.74, 6) is 1.33. The quantitative estimate of drug-likeness (QED) is 0.858. The first-order valence-electron chi connectivity index (χ1n) is 10.1. The maximum absolute atomic E-state index is 13.0. The highest BCUT2D eigenvalue weighted by Crippen LogP contribution is 2.45. The Kier molecular flexibility index (Phi) is 4.02. The fourth-order valence-electron chi connectivity index (χ4n) is 5.29. The highest BCUT2D eigenvalue weighted by Gasteiger charge is 2.40. The van der Waals surface area contributed by atoms with Gasteiger partial charge in [-0.2, -0.15) is 0 Å². The van der Waals surface area contributed by atoms with Crippen molar-refractivity contribution < 1.29 is 13.2 Å². The number of carbonyl (C=O) groups excluding carboxylic acids is 1. The molecular weight excluding hydrogens is 372 g/mol. The number of anilines is 1. The lowest BCUT2D eigenvalue weighted by molar-refractivity contribution is 0.0923. The largest absolute Gasteiger partial charge is 0.349 e. The Bertz CT molecular complexity index is 1060. The number of hydrogen-bond donors (Lipinski definition) is 1. The maximum atomic E-state index is 13.0. The second-order valence-electron chi connectivity index (χ2n) is 8.15. The average Bonchev–Trinajstić information content (AvgIpc) is 3.31. The third-order valence-corrected chi connectivity index (χ3v) is 8.56. The molecule has 28 heavy (non-hydrogen) atoms. The van der Waals surface area contributed by atoms with Crippen molar-refractivity contribution in [2.45, 2.75) is 43.5 Å². The molecule has 1 amide bonds. The van der Waals surface area contributed by atoms with Gasteiger partial charge in [0.15, 0.2) is 0 Å². The summed E-state index contributed by atoms with van der Waals surface area (Å²) >= 11 is 0. The van der Waals surface area contributed by atoms with E-state index in [4.69, 9.17) is 0 Å². The van der Waals surface area contributed by atoms with Gasteiger partial charge in [-0.3, -0.25) is 9.10 Å². The zero-order chi connectivity index (χ0) is 19.5. The van der Waals surface area contributed by atoms with E-state index in [9.17, 15) is 13.2 Å². The molecule has 6 heteroatoms. The number of nitrogens with one attached hydrogen (secondary N) is 1. The van der Waals surface area contributed by atoms with Crippen LogP contribution in [0.15, 0.2) is 47.4 Å². The van der Waals surface area contributed by atoms with Gasteiger partial charge in [0, 0.05) is 29.3 Å². The maximum Gasteiger partial charge on any atom is 0.264 e. The van der Waals surface area contributed by atoms with Gasteiger partial charge in [0.1, 0.15) is 0 Å². The van der Waals surface area contributed by atoms with Crippen molar-refractivity contribution in [3.05, 3.63) is 48.0 Å². The number of nitrogens with zero attached hydrogens (tertiary/aromatic N) is 1. The van der Waals surface area contributed by atoms with Crippen LogP contribution in [0.4, 0.5) is 5.69 Å². The van der Waals surface area contributed by atoms with Gasteiger partial charge in [0.05, 0.1) is 10.6 Å². The Morgan fingerprint density at radius 3 is 2.64 bits per heavy atom. The summed E-state index contributed by atoms with van der Waals surface area (Å²) in [6, 6.07) is 12.7. The van der Waals surface area contributed by atoms with Crippen LogP contribution < -0.4 is 9.62 Å². The van der Waals surface area contributed by atoms with Gasteiger partial charge >= 0.3 is 0 Å². The summed E-state index contributed by atoms with van der Waals surface area (Å²) in [6.45, 7) is 2.17. The van der Waals surface area contributed by atoms with Crippen LogP contribution in [0.3, 0.4) is 0 Å². The minimum atomic E-state index is -3.57. The fourth-order valence-corrected chi connectivity index (χ4v) is 6.99. The molecule has 3 aliphatic rings. The van der Waals surface area contributed by atoms with E-state index in [1.165, 1.54) is 23.6 Å². The van der Waals surface area contributed by atoms with Crippen LogP contribution in [0.2, 0.25) is 0 Å². The molecule has 2 fully saturated rings. The summed E-state index contributed by atoms with van der Waals surface area (Å²) in [5.41, 5.74) is 2.69. The van der Waals surface area contributed by atoms with Crippen LogP contribution in [-0.2, 0) is 10.0 Å². The molecule has 2 aromatic rings. The molecule has 1 aliphatic heterocycles. The van der Waals surface area contributed by atoms with Crippen molar-refractivity contribution in [2.24, 2.45) is 11.8 Å². The van der Waals surface area contributed by atoms with Crippen molar-refractivity contribution in [1.29, 1.82) is 0 Å². The standard InChI is InChI=1S/C22H24N2O3S/c1-2-24-20-10-9-16(22(25)23-19-12-14-7-8-15(19)11-14)13-18(20)17-5-3-4-6-21(17)28(24,26)27/h3-6,9-10,13-15,19H,2,7-8,11-12H2,1H3,(H,23,25). The van der Waals surface area contributed by atoms with Crippen LogP contribution in [0.5, 0.6) is 0 Å². The summed E-state index contributed by atoms with van der Waals surface area (Å²) in [7, 11) is -3.57. The molecule has 2 aromatic carbocycles. The Labute approximate surface area is 165 Å². The number of sulfonamides is 1. The number of amides is 1. The van der Waals surface area contributed by atoms with E-state index in [0.717, 1.165) is 17.9 Å². The highest BCUT2D eigenvalue weighted by molar-refractivity contribution is 7.93. The number of benzene rings is 2. The van der Waals surface area contributed by atoms with Crippen molar-refractivity contribution in [3.63, 3.8) is 0 Å². The van der Waals surface area contributed by atoms with E-state index in [1.54, 1.807) is 24.3 Å². The van der Waals surface area contributed by atoms with Crippen LogP contribution in [-0.4, -0.2) is 26.9 Å². The van der Waals surface area contributed by atoms with Gasteiger partial charge in [-0.25, -0.2) is 8.42 Å². The summed E-state index contributed by atoms with van der Waals surface area (Å²) < 4.78 is 27.4. The molecule has 0 aromatic heterocycles. The fraction of sp³-hybridized carbons (Fsp3) is 0.409. The van der Waals surface area contributed by atoms with Crippen molar-refractivity contribution in [3.8, 4) is 11.1 Å². The van der Waals surface area contributed by atoms with E-state index in [2.05, 4.69) is 5.32 Å². The Balaban J connectivity index is 1.52. The monoisotopic (exact) mass is 396 g/mol. The first-order valence-corrected chi connectivity index (χ1v) is 11.5. The third kappa shape index (κ3) is 2.58. The van der Waals surface area contributed by atoms with Crippen molar-refractivity contribution in [1.82, 2.24) is 5.32 Å². The molecule has 3 atom stereocenters. The smallest absolute Gasteiger partial charge is 0.264 e. The number of hydrogen-bond acceptors (Lipinski definition) is 3. The minimum absolute atomic E-state index is 0.0608. The molecule has 5 nitrogen and oxygen atoms in total. The SMILES string of the molecule is CCN1c2ccc(C(=O)NC3CC4CCC3C4)cc2-c2ccccc2S1(=O)=O. The molecule has 1 heterocycles. The molecule has 0 spiro atoms. The van der Waals surface area contributed by atoms with Crippen LogP contribution >= 0.6 is 0 Å². The van der Waals surface area contributed by atoms with Gasteiger partial charge in [-0.15, -0.1) is 0 Å². The van der Waals surface area contributed by atoms with E-state index >= 15 is 0 Å². The highest BCUT2D eigenvalue weighted by atomic mass is 32.2. The second-order valence-corrected chi connectivity index (χ2v) is 9.98. The molecule has 3 unspecified atom stereocenters. The first kappa shape index (κ1) is 17.7. The van der Waals surface area contributed by atoms with Gasteiger partial charge in [0.2, 0.25) is 0 Å². The number of carbonyl (C=O) groups is 1. The molecule has 5 rings (SSSR count). The normalized spacial score (nSPS) is 26.6. The summed E-state index contributed by atoms with van der Waals surface area (Å²) in [5, 5.41) is 3.23. The number of rotatable bonds is 3. The Morgan fingerprint density at radius 2 is 1.93 bits per heavy atom. The minimum Gasteiger partial charge on any atom is -0.349 e. The lowest BCUT2D eigenvalue weighted by atomic mass is 9.94. The molecular formula is C22H24N2O3S. The predicted octanol–water partition coefficient (Wildman–Crippen LogP) is 3.80. The Hall–Kier alpha value is -2.34. The number of fused-ring (bicyclic) bond motifs is 5. The van der Waals surface area contributed by atoms with E-state index in [1.807, 2.05) is 25.1 Å². The molecule has 0 saturated heterocycles.